The second kappa shape index (κ2) is 7.55. The zero-order valence-corrected chi connectivity index (χ0v) is 14.3. The number of rotatable bonds is 5. The second-order valence-electron chi connectivity index (χ2n) is 5.84. The number of ether oxygens (including phenoxy) is 2. The topological polar surface area (TPSA) is 42.2 Å². The monoisotopic (exact) mass is 329 g/mol. The van der Waals surface area contributed by atoms with E-state index in [9.17, 15) is 5.26 Å². The molecule has 0 aliphatic carbocycles. The minimum absolute atomic E-state index is 0.570. The standard InChI is InChI=1S/C22H19NO2/c1-16-6-3-11-22(21(16)15-23)25-20-10-5-8-18(14-20)12-17-7-4-9-19(13-17)24-2/h3-11,13-14H,12H2,1-2H3. The Morgan fingerprint density at radius 1 is 0.880 bits per heavy atom. The first-order chi connectivity index (χ1) is 12.2. The van der Waals surface area contributed by atoms with Crippen molar-refractivity contribution in [3.63, 3.8) is 0 Å². The van der Waals surface area contributed by atoms with Crippen molar-refractivity contribution in [1.29, 1.82) is 5.26 Å². The summed E-state index contributed by atoms with van der Waals surface area (Å²) in [6.07, 6.45) is 0.785. The van der Waals surface area contributed by atoms with E-state index in [1.54, 1.807) is 7.11 Å². The van der Waals surface area contributed by atoms with E-state index in [0.29, 0.717) is 11.3 Å². The smallest absolute Gasteiger partial charge is 0.145 e. The first kappa shape index (κ1) is 16.6. The number of nitriles is 1. The highest BCUT2D eigenvalue weighted by molar-refractivity contribution is 5.50. The molecule has 0 radical (unpaired) electrons. The highest BCUT2D eigenvalue weighted by Gasteiger charge is 2.08. The molecule has 3 nitrogen and oxygen atoms in total. The quantitative estimate of drug-likeness (QED) is 0.641. The maximum atomic E-state index is 9.33. The fourth-order valence-corrected chi connectivity index (χ4v) is 2.73. The molecule has 3 aromatic rings. The Bertz CT molecular complexity index is 925. The van der Waals surface area contributed by atoms with Crippen molar-refractivity contribution >= 4 is 0 Å². The molecule has 3 rings (SSSR count). The molecular formula is C22H19NO2. The average Bonchev–Trinajstić information content (AvgIpc) is 2.62. The Hall–Kier alpha value is -3.25. The summed E-state index contributed by atoms with van der Waals surface area (Å²) >= 11 is 0. The van der Waals surface area contributed by atoms with Crippen LogP contribution in [0.2, 0.25) is 0 Å². The lowest BCUT2D eigenvalue weighted by Crippen LogP contribution is -1.93. The Balaban J connectivity index is 1.82. The van der Waals surface area contributed by atoms with Crippen molar-refractivity contribution in [2.45, 2.75) is 13.3 Å². The van der Waals surface area contributed by atoms with Gasteiger partial charge in [0, 0.05) is 0 Å². The predicted molar refractivity (Wildman–Crippen MR) is 98.2 cm³/mol. The van der Waals surface area contributed by atoms with Crippen LogP contribution in [0.15, 0.2) is 66.7 Å². The van der Waals surface area contributed by atoms with Gasteiger partial charge in [-0.1, -0.05) is 36.4 Å². The Kier molecular flexibility index (Phi) is 5.01. The molecule has 0 spiro atoms. The van der Waals surface area contributed by atoms with Crippen LogP contribution in [-0.4, -0.2) is 7.11 Å². The van der Waals surface area contributed by atoms with Gasteiger partial charge in [-0.2, -0.15) is 5.26 Å². The third-order valence-electron chi connectivity index (χ3n) is 4.02. The van der Waals surface area contributed by atoms with Gasteiger partial charge in [0.25, 0.3) is 0 Å². The molecular weight excluding hydrogens is 310 g/mol. The van der Waals surface area contributed by atoms with E-state index in [1.807, 2.05) is 61.5 Å². The second-order valence-corrected chi connectivity index (χ2v) is 5.84. The van der Waals surface area contributed by atoms with E-state index in [-0.39, 0.29) is 0 Å². The van der Waals surface area contributed by atoms with Crippen LogP contribution in [-0.2, 0) is 6.42 Å². The summed E-state index contributed by atoms with van der Waals surface area (Å²) in [6.45, 7) is 1.91. The lowest BCUT2D eigenvalue weighted by molar-refractivity contribution is 0.414. The highest BCUT2D eigenvalue weighted by atomic mass is 16.5. The molecule has 0 aromatic heterocycles. The van der Waals surface area contributed by atoms with Gasteiger partial charge in [-0.25, -0.2) is 0 Å². The summed E-state index contributed by atoms with van der Waals surface area (Å²) < 4.78 is 11.2. The van der Waals surface area contributed by atoms with E-state index in [0.717, 1.165) is 29.0 Å². The predicted octanol–water partition coefficient (Wildman–Crippen LogP) is 5.26. The fraction of sp³-hybridized carbons (Fsp3) is 0.136. The fourth-order valence-electron chi connectivity index (χ4n) is 2.73. The van der Waals surface area contributed by atoms with E-state index in [2.05, 4.69) is 18.2 Å². The van der Waals surface area contributed by atoms with Crippen molar-refractivity contribution < 1.29 is 9.47 Å². The molecule has 0 heterocycles. The van der Waals surface area contributed by atoms with Gasteiger partial charge in [-0.15, -0.1) is 0 Å². The van der Waals surface area contributed by atoms with Crippen LogP contribution in [0.3, 0.4) is 0 Å². The molecule has 0 atom stereocenters. The molecule has 0 saturated carbocycles. The maximum Gasteiger partial charge on any atom is 0.145 e. The van der Waals surface area contributed by atoms with E-state index < -0.39 is 0 Å². The van der Waals surface area contributed by atoms with E-state index in [4.69, 9.17) is 9.47 Å². The third kappa shape index (κ3) is 3.99. The molecule has 3 heteroatoms. The van der Waals surface area contributed by atoms with Crippen LogP contribution in [0.5, 0.6) is 17.2 Å². The van der Waals surface area contributed by atoms with Crippen LogP contribution in [0.1, 0.15) is 22.3 Å². The average molecular weight is 329 g/mol. The van der Waals surface area contributed by atoms with Gasteiger partial charge < -0.3 is 9.47 Å². The van der Waals surface area contributed by atoms with Gasteiger partial charge in [0.05, 0.1) is 12.7 Å². The number of nitrogens with zero attached hydrogens (tertiary/aromatic N) is 1. The molecule has 124 valence electrons. The molecule has 0 N–H and O–H groups in total. The molecule has 3 aromatic carbocycles. The molecule has 0 fully saturated rings. The number of hydrogen-bond donors (Lipinski definition) is 0. The molecule has 0 bridgehead atoms. The number of benzene rings is 3. The van der Waals surface area contributed by atoms with Gasteiger partial charge in [0.1, 0.15) is 23.3 Å². The molecule has 0 aliphatic heterocycles. The van der Waals surface area contributed by atoms with Crippen LogP contribution in [0.4, 0.5) is 0 Å². The lowest BCUT2D eigenvalue weighted by atomic mass is 10.0. The van der Waals surface area contributed by atoms with Crippen molar-refractivity contribution in [2.75, 3.05) is 7.11 Å². The van der Waals surface area contributed by atoms with Crippen molar-refractivity contribution in [1.82, 2.24) is 0 Å². The van der Waals surface area contributed by atoms with E-state index >= 15 is 0 Å². The largest absolute Gasteiger partial charge is 0.497 e. The first-order valence-corrected chi connectivity index (χ1v) is 8.09. The minimum Gasteiger partial charge on any atom is -0.497 e. The molecule has 0 saturated heterocycles. The summed E-state index contributed by atoms with van der Waals surface area (Å²) in [7, 11) is 1.67. The van der Waals surface area contributed by atoms with Crippen LogP contribution < -0.4 is 9.47 Å². The lowest BCUT2D eigenvalue weighted by Gasteiger charge is -2.10. The number of methoxy groups -OCH3 is 1. The number of aryl methyl sites for hydroxylation is 1. The number of hydrogen-bond acceptors (Lipinski definition) is 3. The van der Waals surface area contributed by atoms with Gasteiger partial charge in [-0.05, 0) is 60.4 Å². The minimum atomic E-state index is 0.570. The molecule has 25 heavy (non-hydrogen) atoms. The van der Waals surface area contributed by atoms with Gasteiger partial charge >= 0.3 is 0 Å². The Morgan fingerprint density at radius 2 is 1.52 bits per heavy atom. The highest BCUT2D eigenvalue weighted by Crippen LogP contribution is 2.28. The van der Waals surface area contributed by atoms with Crippen molar-refractivity contribution in [2.24, 2.45) is 0 Å². The van der Waals surface area contributed by atoms with Crippen molar-refractivity contribution in [3.05, 3.63) is 89.0 Å². The summed E-state index contributed by atoms with van der Waals surface area (Å²) in [6, 6.07) is 23.8. The Morgan fingerprint density at radius 3 is 2.20 bits per heavy atom. The maximum absolute atomic E-state index is 9.33. The summed E-state index contributed by atoms with van der Waals surface area (Å²) in [4.78, 5) is 0. The van der Waals surface area contributed by atoms with E-state index in [1.165, 1.54) is 5.56 Å². The molecule has 0 aliphatic rings. The molecule has 0 amide bonds. The van der Waals surface area contributed by atoms with Crippen LogP contribution >= 0.6 is 0 Å². The van der Waals surface area contributed by atoms with Crippen molar-refractivity contribution in [3.8, 4) is 23.3 Å². The normalized spacial score (nSPS) is 10.1. The molecule has 0 unspecified atom stereocenters. The zero-order chi connectivity index (χ0) is 17.6. The third-order valence-corrected chi connectivity index (χ3v) is 4.02. The van der Waals surface area contributed by atoms with Crippen LogP contribution in [0, 0.1) is 18.3 Å². The van der Waals surface area contributed by atoms with Gasteiger partial charge in [-0.3, -0.25) is 0 Å². The summed E-state index contributed by atoms with van der Waals surface area (Å²) in [5.41, 5.74) is 3.79. The zero-order valence-electron chi connectivity index (χ0n) is 14.3. The van der Waals surface area contributed by atoms with Gasteiger partial charge in [0.15, 0.2) is 0 Å². The van der Waals surface area contributed by atoms with Crippen LogP contribution in [0.25, 0.3) is 0 Å². The SMILES string of the molecule is COc1cccc(Cc2cccc(Oc3cccc(C)c3C#N)c2)c1. The summed E-state index contributed by atoms with van der Waals surface area (Å²) in [5, 5.41) is 9.33. The van der Waals surface area contributed by atoms with Gasteiger partial charge in [0.2, 0.25) is 0 Å². The summed E-state index contributed by atoms with van der Waals surface area (Å²) in [5.74, 6) is 2.16. The Labute approximate surface area is 148 Å². The first-order valence-electron chi connectivity index (χ1n) is 8.09.